The van der Waals surface area contributed by atoms with Crippen molar-refractivity contribution in [3.05, 3.63) is 53.5 Å². The normalized spacial score (nSPS) is 24.4. The van der Waals surface area contributed by atoms with Crippen molar-refractivity contribution in [3.8, 4) is 0 Å². The third-order valence-electron chi connectivity index (χ3n) is 6.77. The Morgan fingerprint density at radius 3 is 2.59 bits per heavy atom. The molecule has 2 aliphatic rings. The number of aromatic amines is 1. The number of nitrogens with zero attached hydrogens (tertiary/aromatic N) is 2. The van der Waals surface area contributed by atoms with E-state index in [1.165, 1.54) is 6.33 Å². The number of H-pyrrole nitrogens is 1. The van der Waals surface area contributed by atoms with Gasteiger partial charge in [-0.3, -0.25) is 0 Å². The maximum absolute atomic E-state index is 13.3. The summed E-state index contributed by atoms with van der Waals surface area (Å²) in [6, 6.07) is 9.07. The van der Waals surface area contributed by atoms with Crippen LogP contribution in [0.2, 0.25) is 0 Å². The Hall–Kier alpha value is -2.65. The van der Waals surface area contributed by atoms with Crippen molar-refractivity contribution in [1.29, 1.82) is 0 Å². The van der Waals surface area contributed by atoms with Gasteiger partial charge >= 0.3 is 6.18 Å². The second-order valence-corrected chi connectivity index (χ2v) is 8.49. The fourth-order valence-corrected chi connectivity index (χ4v) is 5.20. The molecule has 1 aliphatic heterocycles. The average Bonchev–Trinajstić information content (AvgIpc) is 3.26. The van der Waals surface area contributed by atoms with E-state index in [9.17, 15) is 13.2 Å². The molecule has 170 valence electrons. The van der Waals surface area contributed by atoms with Gasteiger partial charge in [-0.05, 0) is 48.3 Å². The Kier molecular flexibility index (Phi) is 5.54. The molecule has 2 N–H and O–H groups in total. The molecular weight excluding hydrogens is 421 g/mol. The maximum Gasteiger partial charge on any atom is 0.431 e. The van der Waals surface area contributed by atoms with E-state index in [1.54, 1.807) is 7.11 Å². The van der Waals surface area contributed by atoms with Gasteiger partial charge in [-0.25, -0.2) is 9.97 Å². The Balaban J connectivity index is 1.57. The molecule has 3 aromatic rings. The summed E-state index contributed by atoms with van der Waals surface area (Å²) in [6.45, 7) is 1.44. The quantitative estimate of drug-likeness (QED) is 0.572. The number of benzene rings is 1. The first kappa shape index (κ1) is 21.2. The minimum atomic E-state index is -4.48. The summed E-state index contributed by atoms with van der Waals surface area (Å²) in [5.41, 5.74) is 1.53. The lowest BCUT2D eigenvalue weighted by Crippen LogP contribution is -2.36. The molecule has 0 saturated carbocycles. The first-order valence-electron chi connectivity index (χ1n) is 10.8. The number of nitrogens with one attached hydrogen (secondary N) is 2. The number of aromatic nitrogens is 3. The molecule has 1 aliphatic carbocycles. The number of rotatable bonds is 4. The molecular formula is C23H25F3N4O2. The minimum absolute atomic E-state index is 0.0217. The highest BCUT2D eigenvalue weighted by atomic mass is 19.4. The van der Waals surface area contributed by atoms with Crippen molar-refractivity contribution in [2.24, 2.45) is 11.8 Å². The number of halogens is 3. The standard InChI is InChI=1S/C23H25F3N4O2/c1-31-18-10-16(13-6-8-32-9-7-13)20(15-5-3-2-4-14(15)18)30-22-17-11-19(23(24,25)26)29-21(17)27-12-28-22/h2-5,11-13,16,18,20H,6-10H2,1H3,(H2,27,28,29,30). The third kappa shape index (κ3) is 3.84. The van der Waals surface area contributed by atoms with Crippen LogP contribution in [0.4, 0.5) is 19.0 Å². The average molecular weight is 446 g/mol. The van der Waals surface area contributed by atoms with Crippen LogP contribution in [-0.4, -0.2) is 35.3 Å². The van der Waals surface area contributed by atoms with Crippen LogP contribution in [0, 0.1) is 11.8 Å². The van der Waals surface area contributed by atoms with Gasteiger partial charge in [0, 0.05) is 20.3 Å². The summed E-state index contributed by atoms with van der Waals surface area (Å²) in [5.74, 6) is 1.04. The predicted octanol–water partition coefficient (Wildman–Crippen LogP) is 5.26. The Bertz CT molecular complexity index is 1090. The minimum Gasteiger partial charge on any atom is -0.381 e. The van der Waals surface area contributed by atoms with Crippen molar-refractivity contribution in [3.63, 3.8) is 0 Å². The summed E-state index contributed by atoms with van der Waals surface area (Å²) in [4.78, 5) is 10.7. The SMILES string of the molecule is COC1CC(C2CCOCC2)C(Nc2ncnc3[nH]c(C(F)(F)F)cc23)c2ccccc21. The molecule has 0 spiro atoms. The van der Waals surface area contributed by atoms with Gasteiger partial charge in [0.15, 0.2) is 0 Å². The fourth-order valence-electron chi connectivity index (χ4n) is 5.20. The predicted molar refractivity (Wildman–Crippen MR) is 113 cm³/mol. The molecule has 1 saturated heterocycles. The van der Waals surface area contributed by atoms with E-state index < -0.39 is 11.9 Å². The van der Waals surface area contributed by atoms with Crippen molar-refractivity contribution >= 4 is 16.9 Å². The van der Waals surface area contributed by atoms with Crippen LogP contribution in [0.15, 0.2) is 36.7 Å². The molecule has 1 aromatic carbocycles. The van der Waals surface area contributed by atoms with E-state index in [1.807, 2.05) is 12.1 Å². The smallest absolute Gasteiger partial charge is 0.381 e. The van der Waals surface area contributed by atoms with Crippen molar-refractivity contribution in [2.75, 3.05) is 25.6 Å². The van der Waals surface area contributed by atoms with Crippen molar-refractivity contribution < 1.29 is 22.6 Å². The topological polar surface area (TPSA) is 72.1 Å². The van der Waals surface area contributed by atoms with Crippen LogP contribution >= 0.6 is 0 Å². The number of hydrogen-bond donors (Lipinski definition) is 2. The van der Waals surface area contributed by atoms with Crippen LogP contribution < -0.4 is 5.32 Å². The summed E-state index contributed by atoms with van der Waals surface area (Å²) in [5, 5.41) is 3.83. The zero-order valence-electron chi connectivity index (χ0n) is 17.7. The molecule has 1 fully saturated rings. The summed E-state index contributed by atoms with van der Waals surface area (Å²) in [6.07, 6.45) is -0.494. The van der Waals surface area contributed by atoms with Gasteiger partial charge in [0.1, 0.15) is 23.5 Å². The Morgan fingerprint density at radius 2 is 1.88 bits per heavy atom. The molecule has 0 radical (unpaired) electrons. The third-order valence-corrected chi connectivity index (χ3v) is 6.77. The molecule has 32 heavy (non-hydrogen) atoms. The van der Waals surface area contributed by atoms with Gasteiger partial charge in [0.25, 0.3) is 0 Å². The Labute approximate surface area is 183 Å². The van der Waals surface area contributed by atoms with Gasteiger partial charge in [-0.1, -0.05) is 24.3 Å². The van der Waals surface area contributed by atoms with Crippen LogP contribution in [-0.2, 0) is 15.7 Å². The lowest BCUT2D eigenvalue weighted by Gasteiger charge is -2.43. The van der Waals surface area contributed by atoms with Crippen LogP contribution in [0.3, 0.4) is 0 Å². The Morgan fingerprint density at radius 1 is 1.12 bits per heavy atom. The van der Waals surface area contributed by atoms with E-state index in [2.05, 4.69) is 32.4 Å². The van der Waals surface area contributed by atoms with Crippen molar-refractivity contribution in [2.45, 2.75) is 37.6 Å². The summed E-state index contributed by atoms with van der Waals surface area (Å²) in [7, 11) is 1.72. The van der Waals surface area contributed by atoms with Gasteiger partial charge in [0.2, 0.25) is 0 Å². The second-order valence-electron chi connectivity index (χ2n) is 8.49. The highest BCUT2D eigenvalue weighted by Crippen LogP contribution is 2.48. The molecule has 2 aromatic heterocycles. The van der Waals surface area contributed by atoms with E-state index >= 15 is 0 Å². The number of methoxy groups -OCH3 is 1. The monoisotopic (exact) mass is 446 g/mol. The number of fused-ring (bicyclic) bond motifs is 2. The molecule has 9 heteroatoms. The number of anilines is 1. The van der Waals surface area contributed by atoms with E-state index in [4.69, 9.17) is 9.47 Å². The van der Waals surface area contributed by atoms with Gasteiger partial charge in [0.05, 0.1) is 17.5 Å². The highest BCUT2D eigenvalue weighted by Gasteiger charge is 2.40. The van der Waals surface area contributed by atoms with E-state index in [0.29, 0.717) is 17.1 Å². The fraction of sp³-hybridized carbons (Fsp3) is 0.478. The molecule has 3 atom stereocenters. The number of ether oxygens (including phenoxy) is 2. The zero-order valence-corrected chi connectivity index (χ0v) is 17.7. The summed E-state index contributed by atoms with van der Waals surface area (Å²) < 4.78 is 51.2. The first-order chi connectivity index (χ1) is 15.5. The maximum atomic E-state index is 13.3. The number of hydrogen-bond acceptors (Lipinski definition) is 5. The van der Waals surface area contributed by atoms with Gasteiger partial charge in [-0.15, -0.1) is 0 Å². The molecule has 0 bridgehead atoms. The second kappa shape index (κ2) is 8.37. The molecule has 6 nitrogen and oxygen atoms in total. The molecule has 3 unspecified atom stereocenters. The first-order valence-corrected chi connectivity index (χ1v) is 10.8. The number of alkyl halides is 3. The van der Waals surface area contributed by atoms with Gasteiger partial charge < -0.3 is 19.8 Å². The zero-order chi connectivity index (χ0) is 22.3. The highest BCUT2D eigenvalue weighted by molar-refractivity contribution is 5.88. The lowest BCUT2D eigenvalue weighted by atomic mass is 9.70. The van der Waals surface area contributed by atoms with E-state index in [-0.39, 0.29) is 23.7 Å². The van der Waals surface area contributed by atoms with Crippen LogP contribution in [0.5, 0.6) is 0 Å². The van der Waals surface area contributed by atoms with Crippen molar-refractivity contribution in [1.82, 2.24) is 15.0 Å². The van der Waals surface area contributed by atoms with Crippen LogP contribution in [0.25, 0.3) is 11.0 Å². The largest absolute Gasteiger partial charge is 0.431 e. The molecule has 3 heterocycles. The van der Waals surface area contributed by atoms with Gasteiger partial charge in [-0.2, -0.15) is 13.2 Å². The van der Waals surface area contributed by atoms with Crippen LogP contribution in [0.1, 0.15) is 48.2 Å². The molecule has 5 rings (SSSR count). The summed E-state index contributed by atoms with van der Waals surface area (Å²) >= 11 is 0. The van der Waals surface area contributed by atoms with E-state index in [0.717, 1.165) is 49.7 Å². The molecule has 0 amide bonds. The lowest BCUT2D eigenvalue weighted by molar-refractivity contribution is -0.140.